The summed E-state index contributed by atoms with van der Waals surface area (Å²) in [6, 6.07) is 13.7. The van der Waals surface area contributed by atoms with Crippen LogP contribution in [0.15, 0.2) is 48.5 Å². The lowest BCUT2D eigenvalue weighted by Gasteiger charge is -2.23. The zero-order chi connectivity index (χ0) is 24.7. The first-order valence-corrected chi connectivity index (χ1v) is 10.6. The van der Waals surface area contributed by atoms with Gasteiger partial charge in [-0.1, -0.05) is 42.8 Å². The Hall–Kier alpha value is -3.71. The highest BCUT2D eigenvalue weighted by atomic mass is 19.4. The summed E-state index contributed by atoms with van der Waals surface area (Å²) in [6.45, 7) is 0.772. The highest BCUT2D eigenvalue weighted by Gasteiger charge is 2.42. The van der Waals surface area contributed by atoms with Gasteiger partial charge in [0.2, 0.25) is 5.91 Å². The van der Waals surface area contributed by atoms with Crippen LogP contribution < -0.4 is 10.6 Å². The number of nitriles is 1. The molecule has 1 heterocycles. The maximum absolute atomic E-state index is 12.4. The number of piperidine rings is 1. The lowest BCUT2D eigenvalue weighted by molar-refractivity contribution is -0.193. The average molecular weight is 473 g/mol. The number of carbonyl (C=O) groups is 3. The van der Waals surface area contributed by atoms with Gasteiger partial charge in [-0.15, -0.1) is 0 Å². The van der Waals surface area contributed by atoms with Crippen molar-refractivity contribution in [3.8, 4) is 17.2 Å². The molecule has 0 aromatic heterocycles. The van der Waals surface area contributed by atoms with E-state index in [1.165, 1.54) is 18.2 Å². The third-order valence-corrected chi connectivity index (χ3v) is 5.34. The molecule has 1 amide bonds. The van der Waals surface area contributed by atoms with Crippen LogP contribution in [0.25, 0.3) is 11.1 Å². The summed E-state index contributed by atoms with van der Waals surface area (Å²) in [5.41, 5.74) is 1.76. The number of esters is 2. The molecule has 1 aliphatic rings. The standard InChI is InChI=1S/C24H22F3N3O4/c25-24(26,27)23(33)34-22(32)18-5-3-4-17(13-18)16-9-7-15(8-10-16)12-19(14-28)30-21(31)20-6-1-2-11-29-20/h3-5,7-10,13,19-20,29H,1-2,6,11-12H2,(H,30,31)/t19-,20-/m0/s1. The van der Waals surface area contributed by atoms with E-state index in [-0.39, 0.29) is 17.5 Å². The van der Waals surface area contributed by atoms with E-state index in [4.69, 9.17) is 0 Å². The van der Waals surface area contributed by atoms with Gasteiger partial charge in [0.15, 0.2) is 0 Å². The summed E-state index contributed by atoms with van der Waals surface area (Å²) in [5, 5.41) is 15.3. The predicted molar refractivity (Wildman–Crippen MR) is 115 cm³/mol. The SMILES string of the molecule is N#C[C@H](Cc1ccc(-c2cccc(C(=O)OC(=O)C(F)(F)F)c2)cc1)NC(=O)[C@@H]1CCCCN1. The van der Waals surface area contributed by atoms with Crippen molar-refractivity contribution in [2.45, 2.75) is 43.9 Å². The van der Waals surface area contributed by atoms with Crippen molar-refractivity contribution in [2.24, 2.45) is 0 Å². The Morgan fingerprint density at radius 2 is 1.85 bits per heavy atom. The highest BCUT2D eigenvalue weighted by Crippen LogP contribution is 2.23. The number of rotatable bonds is 6. The molecule has 2 aromatic carbocycles. The van der Waals surface area contributed by atoms with E-state index < -0.39 is 24.2 Å². The van der Waals surface area contributed by atoms with E-state index in [1.807, 2.05) is 0 Å². The largest absolute Gasteiger partial charge is 0.491 e. The van der Waals surface area contributed by atoms with Crippen LogP contribution in [0.3, 0.4) is 0 Å². The maximum Gasteiger partial charge on any atom is 0.491 e. The average Bonchev–Trinajstić information content (AvgIpc) is 2.84. The molecule has 178 valence electrons. The maximum atomic E-state index is 12.4. The van der Waals surface area contributed by atoms with Gasteiger partial charge in [-0.2, -0.15) is 18.4 Å². The third kappa shape index (κ3) is 6.65. The van der Waals surface area contributed by atoms with Crippen LogP contribution in [0, 0.1) is 11.3 Å². The first-order valence-electron chi connectivity index (χ1n) is 10.6. The first-order chi connectivity index (χ1) is 16.2. The van der Waals surface area contributed by atoms with Crippen molar-refractivity contribution < 1.29 is 32.3 Å². The van der Waals surface area contributed by atoms with Crippen LogP contribution in [0.1, 0.15) is 35.2 Å². The van der Waals surface area contributed by atoms with Crippen molar-refractivity contribution in [1.29, 1.82) is 5.26 Å². The lowest BCUT2D eigenvalue weighted by Crippen LogP contribution is -2.49. The number of nitrogens with zero attached hydrogens (tertiary/aromatic N) is 1. The molecule has 2 atom stereocenters. The molecule has 2 aromatic rings. The van der Waals surface area contributed by atoms with Gasteiger partial charge in [-0.25, -0.2) is 9.59 Å². The molecule has 0 saturated carbocycles. The van der Waals surface area contributed by atoms with Crippen LogP contribution in [-0.2, 0) is 20.7 Å². The van der Waals surface area contributed by atoms with Gasteiger partial charge in [-0.05, 0) is 48.2 Å². The second-order valence-electron chi connectivity index (χ2n) is 7.85. The summed E-state index contributed by atoms with van der Waals surface area (Å²) in [4.78, 5) is 35.1. The molecule has 1 saturated heterocycles. The summed E-state index contributed by atoms with van der Waals surface area (Å²) in [7, 11) is 0. The normalized spacial score (nSPS) is 16.7. The number of amides is 1. The zero-order valence-corrected chi connectivity index (χ0v) is 18.0. The monoisotopic (exact) mass is 473 g/mol. The minimum absolute atomic E-state index is 0.199. The summed E-state index contributed by atoms with van der Waals surface area (Å²) >= 11 is 0. The minimum atomic E-state index is -5.27. The molecule has 1 aliphatic heterocycles. The fourth-order valence-electron chi connectivity index (χ4n) is 3.57. The smallest absolute Gasteiger partial charge is 0.383 e. The molecule has 7 nitrogen and oxygen atoms in total. The number of hydrogen-bond acceptors (Lipinski definition) is 6. The molecule has 10 heteroatoms. The summed E-state index contributed by atoms with van der Waals surface area (Å²) in [5.74, 6) is -4.18. The fraction of sp³-hybridized carbons (Fsp3) is 0.333. The van der Waals surface area contributed by atoms with Gasteiger partial charge < -0.3 is 15.4 Å². The number of hydrogen-bond donors (Lipinski definition) is 2. The Morgan fingerprint density at radius 1 is 1.12 bits per heavy atom. The predicted octanol–water partition coefficient (Wildman–Crippen LogP) is 3.29. The molecule has 2 N–H and O–H groups in total. The van der Waals surface area contributed by atoms with Gasteiger partial charge >= 0.3 is 18.1 Å². The van der Waals surface area contributed by atoms with E-state index in [0.29, 0.717) is 17.5 Å². The molecule has 34 heavy (non-hydrogen) atoms. The molecule has 0 spiro atoms. The highest BCUT2D eigenvalue weighted by molar-refractivity contribution is 5.99. The zero-order valence-electron chi connectivity index (χ0n) is 18.0. The number of nitrogens with one attached hydrogen (secondary N) is 2. The number of alkyl halides is 3. The van der Waals surface area contributed by atoms with E-state index in [2.05, 4.69) is 21.4 Å². The Labute approximate surface area is 193 Å². The van der Waals surface area contributed by atoms with Gasteiger partial charge in [0.1, 0.15) is 6.04 Å². The number of carbonyl (C=O) groups excluding carboxylic acids is 3. The first kappa shape index (κ1) is 24.9. The van der Waals surface area contributed by atoms with Crippen molar-refractivity contribution in [3.05, 3.63) is 59.7 Å². The number of halogens is 3. The van der Waals surface area contributed by atoms with Gasteiger partial charge in [-0.3, -0.25) is 4.79 Å². The summed E-state index contributed by atoms with van der Waals surface area (Å²) < 4.78 is 40.8. The third-order valence-electron chi connectivity index (χ3n) is 5.34. The van der Waals surface area contributed by atoms with Crippen molar-refractivity contribution in [1.82, 2.24) is 10.6 Å². The quantitative estimate of drug-likeness (QED) is 0.492. The minimum Gasteiger partial charge on any atom is -0.383 e. The summed E-state index contributed by atoms with van der Waals surface area (Å²) in [6.07, 6.45) is -2.26. The van der Waals surface area contributed by atoms with Crippen LogP contribution in [0.5, 0.6) is 0 Å². The van der Waals surface area contributed by atoms with E-state index in [9.17, 15) is 32.8 Å². The van der Waals surface area contributed by atoms with Crippen LogP contribution >= 0.6 is 0 Å². The van der Waals surface area contributed by atoms with Crippen molar-refractivity contribution >= 4 is 17.8 Å². The Morgan fingerprint density at radius 3 is 2.47 bits per heavy atom. The molecule has 3 rings (SSSR count). The van der Waals surface area contributed by atoms with Crippen molar-refractivity contribution in [3.63, 3.8) is 0 Å². The lowest BCUT2D eigenvalue weighted by atomic mass is 9.99. The molecular weight excluding hydrogens is 451 g/mol. The Balaban J connectivity index is 1.64. The van der Waals surface area contributed by atoms with Crippen LogP contribution in [-0.4, -0.2) is 42.7 Å². The number of ether oxygens (including phenoxy) is 1. The van der Waals surface area contributed by atoms with Gasteiger partial charge in [0, 0.05) is 6.42 Å². The number of benzene rings is 2. The molecule has 0 radical (unpaired) electrons. The van der Waals surface area contributed by atoms with E-state index in [1.54, 1.807) is 30.3 Å². The van der Waals surface area contributed by atoms with E-state index in [0.717, 1.165) is 31.4 Å². The second-order valence-corrected chi connectivity index (χ2v) is 7.85. The van der Waals surface area contributed by atoms with Gasteiger partial charge in [0.05, 0.1) is 17.7 Å². The molecule has 0 aliphatic carbocycles. The van der Waals surface area contributed by atoms with Crippen LogP contribution in [0.2, 0.25) is 0 Å². The van der Waals surface area contributed by atoms with E-state index >= 15 is 0 Å². The molecular formula is C24H22F3N3O4. The Kier molecular flexibility index (Phi) is 8.02. The molecule has 0 unspecified atom stereocenters. The molecule has 1 fully saturated rings. The molecule has 0 bridgehead atoms. The van der Waals surface area contributed by atoms with Crippen molar-refractivity contribution in [2.75, 3.05) is 6.54 Å². The Bertz CT molecular complexity index is 1090. The van der Waals surface area contributed by atoms with Gasteiger partial charge in [0.25, 0.3) is 0 Å². The fourth-order valence-corrected chi connectivity index (χ4v) is 3.57. The second kappa shape index (κ2) is 10.9. The topological polar surface area (TPSA) is 108 Å². The van der Waals surface area contributed by atoms with Crippen LogP contribution in [0.4, 0.5) is 13.2 Å².